The van der Waals surface area contributed by atoms with Crippen molar-refractivity contribution in [1.82, 2.24) is 9.97 Å². The Morgan fingerprint density at radius 1 is 1.38 bits per heavy atom. The van der Waals surface area contributed by atoms with E-state index in [4.69, 9.17) is 5.73 Å². The van der Waals surface area contributed by atoms with Crippen LogP contribution in [0.5, 0.6) is 0 Å². The third kappa shape index (κ3) is 2.09. The molecule has 2 aliphatic rings. The maximum atomic E-state index is 5.89. The molecule has 2 fully saturated rings. The summed E-state index contributed by atoms with van der Waals surface area (Å²) in [7, 11) is 0. The molecule has 0 radical (unpaired) electrons. The van der Waals surface area contributed by atoms with E-state index >= 15 is 0 Å². The van der Waals surface area contributed by atoms with Crippen molar-refractivity contribution in [2.75, 3.05) is 23.3 Å². The molecule has 1 aromatic heterocycles. The van der Waals surface area contributed by atoms with Crippen molar-refractivity contribution in [3.63, 3.8) is 0 Å². The number of aromatic nitrogens is 2. The Morgan fingerprint density at radius 2 is 2.25 bits per heavy atom. The molecule has 16 heavy (non-hydrogen) atoms. The van der Waals surface area contributed by atoms with E-state index in [1.54, 1.807) is 0 Å². The van der Waals surface area contributed by atoms with Crippen LogP contribution in [0.2, 0.25) is 0 Å². The van der Waals surface area contributed by atoms with Gasteiger partial charge in [0.1, 0.15) is 5.82 Å². The van der Waals surface area contributed by atoms with Gasteiger partial charge >= 0.3 is 0 Å². The van der Waals surface area contributed by atoms with Crippen LogP contribution in [0.15, 0.2) is 12.3 Å². The van der Waals surface area contributed by atoms with E-state index in [0.717, 1.165) is 31.3 Å². The molecule has 1 saturated heterocycles. The SMILES string of the molecule is NC1CCN(c2ccnc(NC3CC3)n2)C1. The van der Waals surface area contributed by atoms with Crippen LogP contribution >= 0.6 is 0 Å². The van der Waals surface area contributed by atoms with E-state index in [1.165, 1.54) is 12.8 Å². The molecule has 1 saturated carbocycles. The third-order valence-electron chi connectivity index (χ3n) is 3.10. The summed E-state index contributed by atoms with van der Waals surface area (Å²) in [5.41, 5.74) is 5.89. The molecule has 0 spiro atoms. The zero-order valence-corrected chi connectivity index (χ0v) is 9.26. The van der Waals surface area contributed by atoms with Gasteiger partial charge in [-0.1, -0.05) is 0 Å². The number of rotatable bonds is 3. The summed E-state index contributed by atoms with van der Waals surface area (Å²) in [6.07, 6.45) is 5.34. The van der Waals surface area contributed by atoms with Crippen LogP contribution in [0.3, 0.4) is 0 Å². The van der Waals surface area contributed by atoms with Crippen molar-refractivity contribution in [2.45, 2.75) is 31.3 Å². The van der Waals surface area contributed by atoms with Crippen LogP contribution in [0.25, 0.3) is 0 Å². The second kappa shape index (κ2) is 3.90. The standard InChI is InChI=1S/C11H17N5/c12-8-4-6-16(7-8)10-3-5-13-11(15-10)14-9-1-2-9/h3,5,8-9H,1-2,4,6-7,12H2,(H,13,14,15). The van der Waals surface area contributed by atoms with Gasteiger partial charge in [0.15, 0.2) is 0 Å². The highest BCUT2D eigenvalue weighted by atomic mass is 15.3. The number of nitrogens with zero attached hydrogens (tertiary/aromatic N) is 3. The van der Waals surface area contributed by atoms with E-state index in [2.05, 4.69) is 20.2 Å². The number of hydrogen-bond donors (Lipinski definition) is 2. The van der Waals surface area contributed by atoms with Crippen LogP contribution in [-0.2, 0) is 0 Å². The minimum absolute atomic E-state index is 0.287. The second-order valence-electron chi connectivity index (χ2n) is 4.65. The highest BCUT2D eigenvalue weighted by molar-refractivity contribution is 5.44. The predicted octanol–water partition coefficient (Wildman–Crippen LogP) is 0.588. The number of nitrogens with two attached hydrogens (primary N) is 1. The van der Waals surface area contributed by atoms with Gasteiger partial charge in [-0.15, -0.1) is 0 Å². The molecular formula is C11H17N5. The minimum atomic E-state index is 0.287. The first-order valence-corrected chi connectivity index (χ1v) is 5.91. The quantitative estimate of drug-likeness (QED) is 0.778. The Kier molecular flexibility index (Phi) is 2.40. The third-order valence-corrected chi connectivity index (χ3v) is 3.10. The number of nitrogens with one attached hydrogen (secondary N) is 1. The van der Waals surface area contributed by atoms with Gasteiger partial charge in [-0.2, -0.15) is 4.98 Å². The van der Waals surface area contributed by atoms with Crippen molar-refractivity contribution < 1.29 is 0 Å². The van der Waals surface area contributed by atoms with Crippen LogP contribution in [-0.4, -0.2) is 35.1 Å². The smallest absolute Gasteiger partial charge is 0.224 e. The van der Waals surface area contributed by atoms with Gasteiger partial charge in [0, 0.05) is 31.4 Å². The first-order valence-electron chi connectivity index (χ1n) is 5.91. The normalized spacial score (nSPS) is 24.8. The summed E-state index contributed by atoms with van der Waals surface area (Å²) < 4.78 is 0. The van der Waals surface area contributed by atoms with Crippen molar-refractivity contribution in [1.29, 1.82) is 0 Å². The van der Waals surface area contributed by atoms with E-state index in [1.807, 2.05) is 12.3 Å². The zero-order valence-electron chi connectivity index (χ0n) is 9.26. The molecule has 5 nitrogen and oxygen atoms in total. The summed E-state index contributed by atoms with van der Waals surface area (Å²) in [5.74, 6) is 1.74. The molecule has 5 heteroatoms. The van der Waals surface area contributed by atoms with Gasteiger partial charge in [0.25, 0.3) is 0 Å². The molecule has 3 rings (SSSR count). The van der Waals surface area contributed by atoms with Crippen LogP contribution in [0.4, 0.5) is 11.8 Å². The molecule has 0 aromatic carbocycles. The average Bonchev–Trinajstić information content (AvgIpc) is 2.98. The first kappa shape index (κ1) is 9.84. The van der Waals surface area contributed by atoms with Crippen molar-refractivity contribution in [3.8, 4) is 0 Å². The molecular weight excluding hydrogens is 202 g/mol. The Bertz CT molecular complexity index is 376. The maximum absolute atomic E-state index is 5.89. The summed E-state index contributed by atoms with van der Waals surface area (Å²) in [6.45, 7) is 1.90. The van der Waals surface area contributed by atoms with E-state index in [-0.39, 0.29) is 6.04 Å². The molecule has 0 amide bonds. The van der Waals surface area contributed by atoms with Gasteiger partial charge in [-0.05, 0) is 25.3 Å². The van der Waals surface area contributed by atoms with Gasteiger partial charge in [0.2, 0.25) is 5.95 Å². The van der Waals surface area contributed by atoms with Crippen LogP contribution in [0.1, 0.15) is 19.3 Å². The first-order chi connectivity index (χ1) is 7.81. The topological polar surface area (TPSA) is 67.1 Å². The van der Waals surface area contributed by atoms with Crippen LogP contribution < -0.4 is 16.0 Å². The van der Waals surface area contributed by atoms with E-state index in [0.29, 0.717) is 6.04 Å². The molecule has 2 heterocycles. The van der Waals surface area contributed by atoms with Crippen molar-refractivity contribution >= 4 is 11.8 Å². The molecule has 86 valence electrons. The average molecular weight is 219 g/mol. The van der Waals surface area contributed by atoms with Gasteiger partial charge < -0.3 is 16.0 Å². The molecule has 1 unspecified atom stereocenters. The van der Waals surface area contributed by atoms with Crippen molar-refractivity contribution in [3.05, 3.63) is 12.3 Å². The summed E-state index contributed by atoms with van der Waals surface area (Å²) in [6, 6.07) is 2.83. The van der Waals surface area contributed by atoms with E-state index in [9.17, 15) is 0 Å². The van der Waals surface area contributed by atoms with Crippen LogP contribution in [0, 0.1) is 0 Å². The number of hydrogen-bond acceptors (Lipinski definition) is 5. The highest BCUT2D eigenvalue weighted by Gasteiger charge is 2.23. The summed E-state index contributed by atoms with van der Waals surface area (Å²) >= 11 is 0. The predicted molar refractivity (Wildman–Crippen MR) is 63.5 cm³/mol. The second-order valence-corrected chi connectivity index (χ2v) is 4.65. The highest BCUT2D eigenvalue weighted by Crippen LogP contribution is 2.24. The lowest BCUT2D eigenvalue weighted by Gasteiger charge is -2.17. The fraction of sp³-hybridized carbons (Fsp3) is 0.636. The van der Waals surface area contributed by atoms with Gasteiger partial charge in [-0.25, -0.2) is 4.98 Å². The fourth-order valence-electron chi connectivity index (χ4n) is 2.00. The molecule has 1 aliphatic carbocycles. The molecule has 3 N–H and O–H groups in total. The number of anilines is 2. The van der Waals surface area contributed by atoms with E-state index < -0.39 is 0 Å². The summed E-state index contributed by atoms with van der Waals surface area (Å²) in [5, 5.41) is 3.31. The minimum Gasteiger partial charge on any atom is -0.355 e. The largest absolute Gasteiger partial charge is 0.355 e. The summed E-state index contributed by atoms with van der Waals surface area (Å²) in [4.78, 5) is 11.0. The lowest BCUT2D eigenvalue weighted by atomic mass is 10.3. The van der Waals surface area contributed by atoms with Gasteiger partial charge in [-0.3, -0.25) is 0 Å². The monoisotopic (exact) mass is 219 g/mol. The Hall–Kier alpha value is -1.36. The fourth-order valence-corrected chi connectivity index (χ4v) is 2.00. The molecule has 1 atom stereocenters. The Balaban J connectivity index is 1.73. The molecule has 1 aromatic rings. The van der Waals surface area contributed by atoms with Crippen molar-refractivity contribution in [2.24, 2.45) is 5.73 Å². The Labute approximate surface area is 95.1 Å². The molecule has 0 bridgehead atoms. The Morgan fingerprint density at radius 3 is 2.94 bits per heavy atom. The lowest BCUT2D eigenvalue weighted by Crippen LogP contribution is -2.27. The zero-order chi connectivity index (χ0) is 11.0. The lowest BCUT2D eigenvalue weighted by molar-refractivity contribution is 0.751. The maximum Gasteiger partial charge on any atom is 0.224 e. The molecule has 1 aliphatic heterocycles. The van der Waals surface area contributed by atoms with Gasteiger partial charge in [0.05, 0.1) is 0 Å².